The molecule has 4 N–H and O–H groups in total. The third kappa shape index (κ3) is 4.49. The Labute approximate surface area is 109 Å². The van der Waals surface area contributed by atoms with Gasteiger partial charge in [-0.25, -0.2) is 4.98 Å². The standard InChI is InChI=1S/C13H24N4O/c1-9(11-15-5-6-16-11)17-12(18)10(8-14)7-13(2,3)4/h5-6,9-10H,7-8,14H2,1-4H3,(H,15,16)(H,17,18). The van der Waals surface area contributed by atoms with Gasteiger partial charge in [-0.1, -0.05) is 20.8 Å². The lowest BCUT2D eigenvalue weighted by molar-refractivity contribution is -0.126. The number of H-pyrrole nitrogens is 1. The Balaban J connectivity index is 2.57. The summed E-state index contributed by atoms with van der Waals surface area (Å²) in [5.74, 6) is 0.605. The van der Waals surface area contributed by atoms with Crippen LogP contribution in [-0.4, -0.2) is 22.4 Å². The quantitative estimate of drug-likeness (QED) is 0.744. The lowest BCUT2D eigenvalue weighted by Gasteiger charge is -2.25. The zero-order valence-corrected chi connectivity index (χ0v) is 11.7. The van der Waals surface area contributed by atoms with Gasteiger partial charge in [0.2, 0.25) is 5.91 Å². The number of aromatic amines is 1. The summed E-state index contributed by atoms with van der Waals surface area (Å²) < 4.78 is 0. The maximum atomic E-state index is 12.1. The molecule has 0 bridgehead atoms. The molecule has 18 heavy (non-hydrogen) atoms. The Morgan fingerprint density at radius 3 is 2.67 bits per heavy atom. The number of carbonyl (C=O) groups is 1. The average Bonchev–Trinajstić information content (AvgIpc) is 2.77. The summed E-state index contributed by atoms with van der Waals surface area (Å²) >= 11 is 0. The lowest BCUT2D eigenvalue weighted by atomic mass is 9.84. The highest BCUT2D eigenvalue weighted by atomic mass is 16.2. The molecule has 2 unspecified atom stereocenters. The summed E-state index contributed by atoms with van der Waals surface area (Å²) in [5, 5.41) is 2.94. The highest BCUT2D eigenvalue weighted by Crippen LogP contribution is 2.24. The van der Waals surface area contributed by atoms with Crippen molar-refractivity contribution in [2.75, 3.05) is 6.54 Å². The fraction of sp³-hybridized carbons (Fsp3) is 0.692. The first-order chi connectivity index (χ1) is 8.33. The minimum absolute atomic E-state index is 0.00340. The molecule has 0 radical (unpaired) electrons. The lowest BCUT2D eigenvalue weighted by Crippen LogP contribution is -2.38. The molecule has 1 aromatic heterocycles. The monoisotopic (exact) mass is 252 g/mol. The van der Waals surface area contributed by atoms with Crippen molar-refractivity contribution in [3.8, 4) is 0 Å². The molecule has 0 spiro atoms. The van der Waals surface area contributed by atoms with Crippen molar-refractivity contribution in [2.45, 2.75) is 40.2 Å². The predicted molar refractivity (Wildman–Crippen MR) is 71.8 cm³/mol. The zero-order chi connectivity index (χ0) is 13.8. The number of imidazole rings is 1. The smallest absolute Gasteiger partial charge is 0.224 e. The van der Waals surface area contributed by atoms with E-state index in [0.717, 1.165) is 12.2 Å². The molecule has 0 aliphatic rings. The number of hydrogen-bond acceptors (Lipinski definition) is 3. The summed E-state index contributed by atoms with van der Waals surface area (Å²) in [4.78, 5) is 19.2. The van der Waals surface area contributed by atoms with E-state index in [1.54, 1.807) is 12.4 Å². The Morgan fingerprint density at radius 2 is 2.22 bits per heavy atom. The van der Waals surface area contributed by atoms with Crippen LogP contribution in [0.15, 0.2) is 12.4 Å². The number of aromatic nitrogens is 2. The van der Waals surface area contributed by atoms with E-state index >= 15 is 0 Å². The van der Waals surface area contributed by atoms with Gasteiger partial charge in [-0.3, -0.25) is 4.79 Å². The highest BCUT2D eigenvalue weighted by Gasteiger charge is 2.25. The second kappa shape index (κ2) is 6.00. The van der Waals surface area contributed by atoms with Crippen molar-refractivity contribution in [2.24, 2.45) is 17.1 Å². The number of carbonyl (C=O) groups excluding carboxylic acids is 1. The molecule has 1 aromatic rings. The second-order valence-electron chi connectivity index (χ2n) is 5.90. The van der Waals surface area contributed by atoms with E-state index in [2.05, 4.69) is 36.1 Å². The molecule has 5 nitrogen and oxygen atoms in total. The largest absolute Gasteiger partial charge is 0.347 e. The van der Waals surface area contributed by atoms with Crippen molar-refractivity contribution in [1.82, 2.24) is 15.3 Å². The SMILES string of the molecule is CC(NC(=O)C(CN)CC(C)(C)C)c1ncc[nH]1. The summed E-state index contributed by atoms with van der Waals surface area (Å²) in [6.45, 7) is 8.60. The van der Waals surface area contributed by atoms with Gasteiger partial charge in [0.1, 0.15) is 5.82 Å². The van der Waals surface area contributed by atoms with Gasteiger partial charge in [0.25, 0.3) is 0 Å². The Kier molecular flexibility index (Phi) is 4.90. The Hall–Kier alpha value is -1.36. The fourth-order valence-corrected chi connectivity index (χ4v) is 1.94. The molecule has 102 valence electrons. The zero-order valence-electron chi connectivity index (χ0n) is 11.7. The van der Waals surface area contributed by atoms with Crippen LogP contribution in [0.1, 0.15) is 46.0 Å². The van der Waals surface area contributed by atoms with Crippen LogP contribution in [0, 0.1) is 11.3 Å². The first-order valence-electron chi connectivity index (χ1n) is 6.33. The van der Waals surface area contributed by atoms with E-state index in [4.69, 9.17) is 5.73 Å². The fourth-order valence-electron chi connectivity index (χ4n) is 1.94. The van der Waals surface area contributed by atoms with Crippen LogP contribution in [-0.2, 0) is 4.79 Å². The van der Waals surface area contributed by atoms with E-state index in [-0.39, 0.29) is 23.3 Å². The molecule has 5 heteroatoms. The molecular formula is C13H24N4O. The molecule has 0 saturated heterocycles. The van der Waals surface area contributed by atoms with E-state index in [0.29, 0.717) is 6.54 Å². The summed E-state index contributed by atoms with van der Waals surface area (Å²) in [6, 6.07) is -0.124. The second-order valence-corrected chi connectivity index (χ2v) is 5.90. The molecule has 0 fully saturated rings. The molecule has 0 aromatic carbocycles. The van der Waals surface area contributed by atoms with E-state index in [1.165, 1.54) is 0 Å². The number of hydrogen-bond donors (Lipinski definition) is 3. The van der Waals surface area contributed by atoms with Gasteiger partial charge in [0, 0.05) is 18.9 Å². The number of amides is 1. The van der Waals surface area contributed by atoms with Crippen molar-refractivity contribution in [1.29, 1.82) is 0 Å². The number of nitrogens with zero attached hydrogens (tertiary/aromatic N) is 1. The van der Waals surface area contributed by atoms with Gasteiger partial charge >= 0.3 is 0 Å². The Morgan fingerprint density at radius 1 is 1.56 bits per heavy atom. The van der Waals surface area contributed by atoms with Gasteiger partial charge in [0.15, 0.2) is 0 Å². The van der Waals surface area contributed by atoms with Gasteiger partial charge in [0.05, 0.1) is 12.0 Å². The molecule has 0 aliphatic carbocycles. The van der Waals surface area contributed by atoms with E-state index in [9.17, 15) is 4.79 Å². The van der Waals surface area contributed by atoms with Crippen molar-refractivity contribution in [3.63, 3.8) is 0 Å². The minimum Gasteiger partial charge on any atom is -0.347 e. The minimum atomic E-state index is -0.151. The van der Waals surface area contributed by atoms with Crippen LogP contribution in [0.25, 0.3) is 0 Å². The van der Waals surface area contributed by atoms with Crippen molar-refractivity contribution >= 4 is 5.91 Å². The van der Waals surface area contributed by atoms with Gasteiger partial charge < -0.3 is 16.0 Å². The first kappa shape index (κ1) is 14.7. The number of nitrogens with two attached hydrogens (primary N) is 1. The van der Waals surface area contributed by atoms with Crippen LogP contribution >= 0.6 is 0 Å². The predicted octanol–water partition coefficient (Wildman–Crippen LogP) is 1.60. The van der Waals surface area contributed by atoms with Crippen LogP contribution in [0.2, 0.25) is 0 Å². The average molecular weight is 252 g/mol. The van der Waals surface area contributed by atoms with Gasteiger partial charge in [-0.15, -0.1) is 0 Å². The maximum absolute atomic E-state index is 12.1. The summed E-state index contributed by atoms with van der Waals surface area (Å²) in [7, 11) is 0. The molecule has 0 aliphatic heterocycles. The topological polar surface area (TPSA) is 83.8 Å². The molecule has 1 heterocycles. The van der Waals surface area contributed by atoms with Crippen LogP contribution < -0.4 is 11.1 Å². The van der Waals surface area contributed by atoms with E-state index in [1.807, 2.05) is 6.92 Å². The van der Waals surface area contributed by atoms with Crippen molar-refractivity contribution < 1.29 is 4.79 Å². The van der Waals surface area contributed by atoms with Crippen LogP contribution in [0.5, 0.6) is 0 Å². The molecular weight excluding hydrogens is 228 g/mol. The number of rotatable bonds is 5. The van der Waals surface area contributed by atoms with Gasteiger partial charge in [-0.2, -0.15) is 0 Å². The summed E-state index contributed by atoms with van der Waals surface area (Å²) in [5.41, 5.74) is 5.78. The van der Waals surface area contributed by atoms with Crippen LogP contribution in [0.4, 0.5) is 0 Å². The maximum Gasteiger partial charge on any atom is 0.224 e. The molecule has 1 rings (SSSR count). The van der Waals surface area contributed by atoms with E-state index < -0.39 is 0 Å². The number of nitrogens with one attached hydrogen (secondary N) is 2. The van der Waals surface area contributed by atoms with Crippen LogP contribution in [0.3, 0.4) is 0 Å². The Bertz CT molecular complexity index is 367. The first-order valence-corrected chi connectivity index (χ1v) is 6.33. The van der Waals surface area contributed by atoms with Crippen molar-refractivity contribution in [3.05, 3.63) is 18.2 Å². The molecule has 0 saturated carbocycles. The third-order valence-corrected chi connectivity index (χ3v) is 2.80. The molecule has 1 amide bonds. The third-order valence-electron chi connectivity index (χ3n) is 2.80. The highest BCUT2D eigenvalue weighted by molar-refractivity contribution is 5.79. The normalized spacial score (nSPS) is 15.2. The van der Waals surface area contributed by atoms with Gasteiger partial charge in [-0.05, 0) is 18.8 Å². The summed E-state index contributed by atoms with van der Waals surface area (Å²) in [6.07, 6.45) is 4.20. The molecule has 2 atom stereocenters.